The van der Waals surface area contributed by atoms with Gasteiger partial charge in [0.05, 0.1) is 0 Å². The Hall–Kier alpha value is -3.61. The monoisotopic (exact) mass is 416 g/mol. The van der Waals surface area contributed by atoms with Crippen molar-refractivity contribution in [3.63, 3.8) is 0 Å². The summed E-state index contributed by atoms with van der Waals surface area (Å²) in [6, 6.07) is 18.5. The molecule has 1 aliphatic rings. The van der Waals surface area contributed by atoms with Crippen molar-refractivity contribution in [3.8, 4) is 0 Å². The highest BCUT2D eigenvalue weighted by atomic mass is 16.2. The Morgan fingerprint density at radius 1 is 1.03 bits per heavy atom. The van der Waals surface area contributed by atoms with Crippen LogP contribution in [0.1, 0.15) is 17.5 Å². The molecule has 0 unspecified atom stereocenters. The number of aromatic amines is 1. The van der Waals surface area contributed by atoms with Crippen LogP contribution in [0.25, 0.3) is 11.2 Å². The van der Waals surface area contributed by atoms with E-state index in [1.54, 1.807) is 11.6 Å². The Morgan fingerprint density at radius 2 is 1.77 bits per heavy atom. The first-order valence-electron chi connectivity index (χ1n) is 10.7. The third-order valence-corrected chi connectivity index (χ3v) is 6.12. The van der Waals surface area contributed by atoms with Gasteiger partial charge < -0.3 is 0 Å². The highest BCUT2D eigenvalue weighted by molar-refractivity contribution is 5.70. The van der Waals surface area contributed by atoms with E-state index in [4.69, 9.17) is 0 Å². The number of rotatable bonds is 5. The highest BCUT2D eigenvalue weighted by Gasteiger charge is 2.35. The van der Waals surface area contributed by atoms with E-state index < -0.39 is 0 Å². The lowest BCUT2D eigenvalue weighted by atomic mass is 10.1. The lowest BCUT2D eigenvalue weighted by Gasteiger charge is -2.09. The zero-order chi connectivity index (χ0) is 21.5. The molecule has 2 aromatic heterocycles. The smallest absolute Gasteiger partial charge is 0.267 e. The van der Waals surface area contributed by atoms with Crippen LogP contribution in [0.5, 0.6) is 0 Å². The van der Waals surface area contributed by atoms with Crippen LogP contribution in [0.3, 0.4) is 0 Å². The van der Waals surface area contributed by atoms with Gasteiger partial charge in [0, 0.05) is 13.6 Å². The molecule has 31 heavy (non-hydrogen) atoms. The molecule has 0 aliphatic carbocycles. The van der Waals surface area contributed by atoms with Gasteiger partial charge in [0.15, 0.2) is 0 Å². The molecule has 0 amide bonds. The van der Waals surface area contributed by atoms with E-state index in [2.05, 4.69) is 53.2 Å². The van der Waals surface area contributed by atoms with Gasteiger partial charge in [-0.25, -0.2) is 19.2 Å². The van der Waals surface area contributed by atoms with Gasteiger partial charge in [-0.15, -0.1) is 0 Å². The molecule has 0 saturated heterocycles. The summed E-state index contributed by atoms with van der Waals surface area (Å²) < 4.78 is 4.93. The van der Waals surface area contributed by atoms with E-state index >= 15 is 0 Å². The largest absolute Gasteiger partial charge is 0.364 e. The fourth-order valence-corrected chi connectivity index (χ4v) is 4.41. The SMILES string of the molecule is Cc1ccc(N2CC[n+]3c2[nH]c2c3c(=O)n(CCCc3ccccc3)c(=O)n2C)cc1. The maximum atomic E-state index is 13.3. The van der Waals surface area contributed by atoms with Crippen molar-refractivity contribution in [2.45, 2.75) is 32.9 Å². The summed E-state index contributed by atoms with van der Waals surface area (Å²) in [5, 5.41) is 0. The van der Waals surface area contributed by atoms with E-state index in [1.165, 1.54) is 15.7 Å². The molecular formula is C24H26N5O2+. The minimum absolute atomic E-state index is 0.223. The summed E-state index contributed by atoms with van der Waals surface area (Å²) in [4.78, 5) is 31.8. The van der Waals surface area contributed by atoms with E-state index in [1.807, 2.05) is 22.8 Å². The van der Waals surface area contributed by atoms with E-state index in [0.717, 1.165) is 31.0 Å². The number of fused-ring (bicyclic) bond motifs is 3. The van der Waals surface area contributed by atoms with Gasteiger partial charge in [0.25, 0.3) is 5.56 Å². The molecule has 0 saturated carbocycles. The quantitative estimate of drug-likeness (QED) is 0.508. The molecule has 0 spiro atoms. The number of anilines is 2. The van der Waals surface area contributed by atoms with Crippen molar-refractivity contribution in [1.29, 1.82) is 0 Å². The Kier molecular flexibility index (Phi) is 4.73. The molecule has 0 radical (unpaired) electrons. The van der Waals surface area contributed by atoms with Crippen molar-refractivity contribution in [3.05, 3.63) is 86.6 Å². The molecule has 7 heteroatoms. The fraction of sp³-hybridized carbons (Fsp3) is 0.292. The lowest BCUT2D eigenvalue weighted by molar-refractivity contribution is -0.644. The number of hydrogen-bond donors (Lipinski definition) is 1. The predicted molar refractivity (Wildman–Crippen MR) is 121 cm³/mol. The summed E-state index contributed by atoms with van der Waals surface area (Å²) in [6.45, 7) is 3.94. The summed E-state index contributed by atoms with van der Waals surface area (Å²) >= 11 is 0. The highest BCUT2D eigenvalue weighted by Crippen LogP contribution is 2.26. The second-order valence-electron chi connectivity index (χ2n) is 8.17. The summed E-state index contributed by atoms with van der Waals surface area (Å²) in [7, 11) is 1.72. The predicted octanol–water partition coefficient (Wildman–Crippen LogP) is 2.41. The minimum Gasteiger partial charge on any atom is -0.267 e. The van der Waals surface area contributed by atoms with Crippen LogP contribution >= 0.6 is 0 Å². The number of benzene rings is 2. The van der Waals surface area contributed by atoms with E-state index in [9.17, 15) is 9.59 Å². The third-order valence-electron chi connectivity index (χ3n) is 6.12. The van der Waals surface area contributed by atoms with Crippen molar-refractivity contribution >= 4 is 22.8 Å². The van der Waals surface area contributed by atoms with Crippen molar-refractivity contribution < 1.29 is 4.57 Å². The second-order valence-corrected chi connectivity index (χ2v) is 8.17. The lowest BCUT2D eigenvalue weighted by Crippen LogP contribution is -2.44. The topological polar surface area (TPSA) is 66.9 Å². The minimum atomic E-state index is -0.284. The number of nitrogens with zero attached hydrogens (tertiary/aromatic N) is 4. The normalized spacial score (nSPS) is 13.2. The zero-order valence-corrected chi connectivity index (χ0v) is 17.8. The van der Waals surface area contributed by atoms with Crippen LogP contribution < -0.4 is 20.7 Å². The number of aromatic nitrogens is 4. The van der Waals surface area contributed by atoms with Gasteiger partial charge in [-0.05, 0) is 37.5 Å². The number of aryl methyl sites for hydroxylation is 3. The van der Waals surface area contributed by atoms with Crippen LogP contribution in [0.2, 0.25) is 0 Å². The standard InChI is InChI=1S/C24H25N5O2/c1-17-10-12-19(13-11-17)27-15-16-28-20-21(25-23(27)28)26(2)24(31)29(22(20)30)14-6-9-18-7-4-3-5-8-18/h3-5,7-8,10-13H,6,9,14-16H2,1-2H3/p+1. The molecule has 158 valence electrons. The first-order valence-corrected chi connectivity index (χ1v) is 10.7. The Morgan fingerprint density at radius 3 is 2.52 bits per heavy atom. The van der Waals surface area contributed by atoms with Gasteiger partial charge in [-0.2, -0.15) is 0 Å². The molecule has 1 N–H and O–H groups in total. The molecule has 4 aromatic rings. The van der Waals surface area contributed by atoms with E-state index in [-0.39, 0.29) is 11.2 Å². The van der Waals surface area contributed by atoms with Crippen molar-refractivity contribution in [2.75, 3.05) is 11.4 Å². The van der Waals surface area contributed by atoms with Crippen molar-refractivity contribution in [1.82, 2.24) is 14.1 Å². The molecule has 0 atom stereocenters. The molecule has 0 bridgehead atoms. The van der Waals surface area contributed by atoms with Crippen LogP contribution in [-0.2, 0) is 26.6 Å². The number of nitrogens with one attached hydrogen (secondary N) is 1. The maximum absolute atomic E-state index is 13.3. The summed E-state index contributed by atoms with van der Waals surface area (Å²) in [5.74, 6) is 0.841. The van der Waals surface area contributed by atoms with Crippen molar-refractivity contribution in [2.24, 2.45) is 7.05 Å². The van der Waals surface area contributed by atoms with Crippen LogP contribution in [0.4, 0.5) is 11.6 Å². The first kappa shape index (κ1) is 19.4. The molecule has 1 aliphatic heterocycles. The Labute approximate surface area is 179 Å². The van der Waals surface area contributed by atoms with E-state index in [0.29, 0.717) is 24.3 Å². The summed E-state index contributed by atoms with van der Waals surface area (Å²) in [5.41, 5.74) is 4.10. The maximum Gasteiger partial charge on any atom is 0.364 e. The number of hydrogen-bond acceptors (Lipinski definition) is 3. The summed E-state index contributed by atoms with van der Waals surface area (Å²) in [6.07, 6.45) is 1.56. The molecular weight excluding hydrogens is 390 g/mol. The molecule has 2 aromatic carbocycles. The van der Waals surface area contributed by atoms with Gasteiger partial charge in [0.2, 0.25) is 11.2 Å². The van der Waals surface area contributed by atoms with Gasteiger partial charge in [-0.1, -0.05) is 48.0 Å². The molecule has 5 rings (SSSR count). The molecule has 7 nitrogen and oxygen atoms in total. The molecule has 0 fully saturated rings. The van der Waals surface area contributed by atoms with Crippen LogP contribution in [0.15, 0.2) is 64.2 Å². The Bertz CT molecular complexity index is 1360. The van der Waals surface area contributed by atoms with Crippen LogP contribution in [-0.4, -0.2) is 20.7 Å². The number of imidazole rings is 1. The van der Waals surface area contributed by atoms with Crippen LogP contribution in [0, 0.1) is 6.92 Å². The second kappa shape index (κ2) is 7.58. The Balaban J connectivity index is 1.52. The number of H-pyrrole nitrogens is 1. The average Bonchev–Trinajstić information content (AvgIpc) is 3.35. The van der Waals surface area contributed by atoms with Gasteiger partial charge in [-0.3, -0.25) is 13.9 Å². The first-order chi connectivity index (χ1) is 15.0. The third kappa shape index (κ3) is 3.26. The van der Waals surface area contributed by atoms with Gasteiger partial charge >= 0.3 is 11.6 Å². The fourth-order valence-electron chi connectivity index (χ4n) is 4.41. The van der Waals surface area contributed by atoms with Gasteiger partial charge in [0.1, 0.15) is 18.8 Å². The molecule has 3 heterocycles. The average molecular weight is 417 g/mol. The zero-order valence-electron chi connectivity index (χ0n) is 17.8.